The molecule has 4 rings (SSSR count). The third kappa shape index (κ3) is 2.51. The van der Waals surface area contributed by atoms with Gasteiger partial charge in [0.15, 0.2) is 23.0 Å². The maximum Gasteiger partial charge on any atom is 0.161 e. The number of ether oxygens (including phenoxy) is 3. The number of fused-ring (bicyclic) bond motifs is 4. The van der Waals surface area contributed by atoms with E-state index >= 15 is 0 Å². The summed E-state index contributed by atoms with van der Waals surface area (Å²) in [5.41, 5.74) is 5.95. The fourth-order valence-electron chi connectivity index (χ4n) is 3.82. The summed E-state index contributed by atoms with van der Waals surface area (Å²) in [4.78, 5) is 1.42. The highest BCUT2D eigenvalue weighted by atomic mass is 16.5. The number of methoxy groups -OCH3 is 3. The summed E-state index contributed by atoms with van der Waals surface area (Å²) in [5, 5.41) is 10.1. The zero-order valence-electron chi connectivity index (χ0n) is 14.7. The molecule has 0 bridgehead atoms. The van der Waals surface area contributed by atoms with Crippen LogP contribution in [-0.4, -0.2) is 33.0 Å². The Hall–Kier alpha value is -2.66. The second-order valence-electron chi connectivity index (χ2n) is 6.43. The third-order valence-electron chi connectivity index (χ3n) is 5.12. The normalized spacial score (nSPS) is 17.7. The van der Waals surface area contributed by atoms with Crippen molar-refractivity contribution in [1.29, 1.82) is 0 Å². The molecule has 5 heteroatoms. The summed E-state index contributed by atoms with van der Waals surface area (Å²) >= 11 is 0. The molecule has 0 saturated carbocycles. The zero-order chi connectivity index (χ0) is 17.6. The van der Waals surface area contributed by atoms with Crippen molar-refractivity contribution < 1.29 is 24.2 Å². The Morgan fingerprint density at radius 3 is 2.32 bits per heavy atom. The molecule has 0 aromatic heterocycles. The van der Waals surface area contributed by atoms with Crippen molar-refractivity contribution in [2.24, 2.45) is 0 Å². The highest BCUT2D eigenvalue weighted by Crippen LogP contribution is 2.37. The highest BCUT2D eigenvalue weighted by Gasteiger charge is 2.31. The van der Waals surface area contributed by atoms with Crippen LogP contribution in [0.1, 0.15) is 22.3 Å². The maximum absolute atomic E-state index is 10.1. The fourth-order valence-corrected chi connectivity index (χ4v) is 3.82. The van der Waals surface area contributed by atoms with E-state index in [9.17, 15) is 5.11 Å². The number of benzene rings is 2. The molecule has 25 heavy (non-hydrogen) atoms. The van der Waals surface area contributed by atoms with Gasteiger partial charge in [0.25, 0.3) is 0 Å². The summed E-state index contributed by atoms with van der Waals surface area (Å²) in [5.74, 6) is 2.22. The minimum Gasteiger partial charge on any atom is -0.504 e. The van der Waals surface area contributed by atoms with Gasteiger partial charge in [-0.25, -0.2) is 0 Å². The second kappa shape index (κ2) is 6.01. The van der Waals surface area contributed by atoms with Gasteiger partial charge in [0.1, 0.15) is 12.2 Å². The van der Waals surface area contributed by atoms with Crippen molar-refractivity contribution >= 4 is 11.8 Å². The molecule has 2 heterocycles. The van der Waals surface area contributed by atoms with Crippen LogP contribution < -0.4 is 19.1 Å². The van der Waals surface area contributed by atoms with Gasteiger partial charge in [0.2, 0.25) is 0 Å². The third-order valence-corrected chi connectivity index (χ3v) is 5.12. The first kappa shape index (κ1) is 15.8. The number of phenolic OH excluding ortho intramolecular Hbond substituents is 1. The number of rotatable bonds is 3. The molecule has 1 unspecified atom stereocenters. The Morgan fingerprint density at radius 1 is 0.880 bits per heavy atom. The van der Waals surface area contributed by atoms with Crippen LogP contribution in [-0.2, 0) is 13.0 Å². The van der Waals surface area contributed by atoms with Crippen LogP contribution in [0.25, 0.3) is 11.8 Å². The Morgan fingerprint density at radius 2 is 1.60 bits per heavy atom. The van der Waals surface area contributed by atoms with Gasteiger partial charge in [-0.1, -0.05) is 0 Å². The lowest BCUT2D eigenvalue weighted by atomic mass is 9.90. The first-order valence-corrected chi connectivity index (χ1v) is 8.36. The fraction of sp³-hybridized carbons (Fsp3) is 0.300. The second-order valence-corrected chi connectivity index (χ2v) is 6.43. The van der Waals surface area contributed by atoms with Crippen LogP contribution in [0.4, 0.5) is 0 Å². The summed E-state index contributed by atoms with van der Waals surface area (Å²) in [6, 6.07) is 7.88. The Labute approximate surface area is 147 Å². The minimum absolute atomic E-state index is 0.202. The van der Waals surface area contributed by atoms with Gasteiger partial charge in [0, 0.05) is 23.6 Å². The Bertz CT molecular complexity index is 872. The largest absolute Gasteiger partial charge is 0.504 e. The van der Waals surface area contributed by atoms with Crippen LogP contribution in [0, 0.1) is 0 Å². The molecule has 0 aliphatic carbocycles. The van der Waals surface area contributed by atoms with E-state index < -0.39 is 0 Å². The van der Waals surface area contributed by atoms with Crippen LogP contribution in [0.5, 0.6) is 23.0 Å². The average molecular weight is 340 g/mol. The zero-order valence-corrected chi connectivity index (χ0v) is 14.7. The molecule has 1 atom stereocenters. The molecule has 0 saturated heterocycles. The summed E-state index contributed by atoms with van der Waals surface area (Å²) < 4.78 is 16.2. The van der Waals surface area contributed by atoms with Gasteiger partial charge in [0.05, 0.1) is 27.9 Å². The average Bonchev–Trinajstić information content (AvgIpc) is 2.64. The molecule has 5 nitrogen and oxygen atoms in total. The Kier molecular flexibility index (Phi) is 3.81. The van der Waals surface area contributed by atoms with Gasteiger partial charge < -0.3 is 19.3 Å². The van der Waals surface area contributed by atoms with E-state index in [0.717, 1.165) is 47.7 Å². The van der Waals surface area contributed by atoms with Crippen molar-refractivity contribution in [3.63, 3.8) is 0 Å². The van der Waals surface area contributed by atoms with E-state index in [-0.39, 0.29) is 5.75 Å². The van der Waals surface area contributed by atoms with Crippen molar-refractivity contribution in [2.75, 3.05) is 27.9 Å². The molecule has 2 aromatic carbocycles. The van der Waals surface area contributed by atoms with E-state index in [4.69, 9.17) is 14.2 Å². The molecule has 0 fully saturated rings. The van der Waals surface area contributed by atoms with E-state index in [1.165, 1.54) is 16.2 Å². The lowest BCUT2D eigenvalue weighted by Crippen LogP contribution is -3.09. The van der Waals surface area contributed by atoms with E-state index in [2.05, 4.69) is 12.1 Å². The van der Waals surface area contributed by atoms with Crippen LogP contribution >= 0.6 is 0 Å². The van der Waals surface area contributed by atoms with Crippen molar-refractivity contribution in [3.05, 3.63) is 46.5 Å². The molecule has 2 aliphatic rings. The summed E-state index contributed by atoms with van der Waals surface area (Å²) in [6.07, 6.45) is 3.15. The monoisotopic (exact) mass is 340 g/mol. The van der Waals surface area contributed by atoms with Crippen LogP contribution in [0.15, 0.2) is 24.3 Å². The number of phenols is 1. The van der Waals surface area contributed by atoms with Gasteiger partial charge in [-0.05, 0) is 35.4 Å². The molecule has 2 aromatic rings. The number of hydrogen-bond acceptors (Lipinski definition) is 4. The SMILES string of the molecule is COc1cc2c(cc1O)CC[NH+]1Cc3cc(OC)c(OC)cc3C=C21. The minimum atomic E-state index is 0.202. The first-order chi connectivity index (χ1) is 12.1. The van der Waals surface area contributed by atoms with Gasteiger partial charge in [-0.3, -0.25) is 4.90 Å². The molecule has 0 amide bonds. The van der Waals surface area contributed by atoms with Crippen molar-refractivity contribution in [1.82, 2.24) is 0 Å². The standard InChI is InChI=1S/C20H21NO4/c1-23-18-10-15-12(7-17(18)22)4-5-21-11-14-9-20(25-3)19(24-2)8-13(14)6-16(15)21/h6-10,22H,4-5,11H2,1-3H3/p+1. The topological polar surface area (TPSA) is 52.4 Å². The number of nitrogens with one attached hydrogen (secondary N) is 1. The smallest absolute Gasteiger partial charge is 0.161 e. The van der Waals surface area contributed by atoms with Crippen molar-refractivity contribution in [2.45, 2.75) is 13.0 Å². The van der Waals surface area contributed by atoms with Crippen LogP contribution in [0.2, 0.25) is 0 Å². The number of quaternary nitrogens is 1. The maximum atomic E-state index is 10.1. The first-order valence-electron chi connectivity index (χ1n) is 8.36. The Balaban J connectivity index is 1.86. The molecular weight excluding hydrogens is 318 g/mol. The molecule has 2 aliphatic heterocycles. The van der Waals surface area contributed by atoms with Gasteiger partial charge >= 0.3 is 0 Å². The highest BCUT2D eigenvalue weighted by molar-refractivity contribution is 5.82. The van der Waals surface area contributed by atoms with E-state index in [1.807, 2.05) is 18.2 Å². The summed E-state index contributed by atoms with van der Waals surface area (Å²) in [7, 11) is 4.90. The lowest BCUT2D eigenvalue weighted by molar-refractivity contribution is -0.841. The van der Waals surface area contributed by atoms with Gasteiger partial charge in [-0.15, -0.1) is 0 Å². The molecule has 130 valence electrons. The van der Waals surface area contributed by atoms with E-state index in [1.54, 1.807) is 21.3 Å². The predicted molar refractivity (Wildman–Crippen MR) is 95.3 cm³/mol. The quantitative estimate of drug-likeness (QED) is 0.896. The lowest BCUT2D eigenvalue weighted by Gasteiger charge is -2.32. The van der Waals surface area contributed by atoms with Gasteiger partial charge in [-0.2, -0.15) is 0 Å². The predicted octanol–water partition coefficient (Wildman–Crippen LogP) is 1.87. The van der Waals surface area contributed by atoms with Crippen LogP contribution in [0.3, 0.4) is 0 Å². The molecule has 2 N–H and O–H groups in total. The molecule has 0 spiro atoms. The number of aromatic hydroxyl groups is 1. The van der Waals surface area contributed by atoms with Crippen molar-refractivity contribution in [3.8, 4) is 23.0 Å². The molecule has 0 radical (unpaired) electrons. The molecular formula is C20H22NO4+. The number of hydrogen-bond donors (Lipinski definition) is 2. The summed E-state index contributed by atoms with van der Waals surface area (Å²) in [6.45, 7) is 1.91. The van der Waals surface area contributed by atoms with E-state index in [0.29, 0.717) is 5.75 Å².